The van der Waals surface area contributed by atoms with Crippen LogP contribution in [0.5, 0.6) is 0 Å². The van der Waals surface area contributed by atoms with Crippen LogP contribution in [0.25, 0.3) is 5.69 Å². The Morgan fingerprint density at radius 1 is 1.24 bits per heavy atom. The molecule has 2 nitrogen and oxygen atoms in total. The first-order valence-corrected chi connectivity index (χ1v) is 6.33. The van der Waals surface area contributed by atoms with Gasteiger partial charge in [-0.05, 0) is 38.5 Å². The summed E-state index contributed by atoms with van der Waals surface area (Å²) in [5, 5.41) is 5.25. The highest BCUT2D eigenvalue weighted by atomic mass is 35.5. The fourth-order valence-corrected chi connectivity index (χ4v) is 2.39. The number of halogens is 2. The molecular weight excluding hydrogens is 255 g/mol. The molecule has 2 aromatic rings. The van der Waals surface area contributed by atoms with Crippen molar-refractivity contribution in [1.29, 1.82) is 0 Å². The van der Waals surface area contributed by atoms with Gasteiger partial charge in [-0.3, -0.25) is 0 Å². The lowest BCUT2D eigenvalue weighted by Gasteiger charge is -2.06. The molecule has 2 rings (SSSR count). The minimum atomic E-state index is 0.483. The van der Waals surface area contributed by atoms with Crippen LogP contribution >= 0.6 is 23.2 Å². The molecule has 0 saturated heterocycles. The van der Waals surface area contributed by atoms with E-state index in [2.05, 4.69) is 5.10 Å². The van der Waals surface area contributed by atoms with Gasteiger partial charge in [0.2, 0.25) is 0 Å². The van der Waals surface area contributed by atoms with Gasteiger partial charge in [-0.25, -0.2) is 4.68 Å². The van der Waals surface area contributed by atoms with Gasteiger partial charge in [0, 0.05) is 16.3 Å². The highest BCUT2D eigenvalue weighted by Crippen LogP contribution is 2.23. The number of alkyl halides is 1. The molecule has 4 heteroatoms. The second-order valence-electron chi connectivity index (χ2n) is 4.13. The summed E-state index contributed by atoms with van der Waals surface area (Å²) in [6.45, 7) is 5.97. The molecule has 1 heterocycles. The van der Waals surface area contributed by atoms with Gasteiger partial charge in [0.15, 0.2) is 0 Å². The van der Waals surface area contributed by atoms with E-state index in [1.807, 2.05) is 43.7 Å². The van der Waals surface area contributed by atoms with Crippen LogP contribution in [-0.2, 0) is 5.88 Å². The smallest absolute Gasteiger partial charge is 0.0663 e. The normalized spacial score (nSPS) is 10.9. The quantitative estimate of drug-likeness (QED) is 0.747. The number of rotatable bonds is 2. The molecule has 1 aromatic heterocycles. The predicted octanol–water partition coefficient (Wildman–Crippen LogP) is 4.19. The average Bonchev–Trinajstić information content (AvgIpc) is 2.58. The summed E-state index contributed by atoms with van der Waals surface area (Å²) in [5.74, 6) is 0.483. The van der Waals surface area contributed by atoms with Crippen molar-refractivity contribution in [2.45, 2.75) is 26.7 Å². The number of aryl methyl sites for hydroxylation is 2. The van der Waals surface area contributed by atoms with Gasteiger partial charge in [-0.15, -0.1) is 11.6 Å². The van der Waals surface area contributed by atoms with Crippen molar-refractivity contribution in [3.63, 3.8) is 0 Å². The van der Waals surface area contributed by atoms with Crippen LogP contribution in [0.2, 0.25) is 5.02 Å². The van der Waals surface area contributed by atoms with Crippen LogP contribution in [0, 0.1) is 20.8 Å². The van der Waals surface area contributed by atoms with E-state index >= 15 is 0 Å². The lowest BCUT2D eigenvalue weighted by Crippen LogP contribution is -1.99. The number of nitrogens with zero attached hydrogens (tertiary/aromatic N) is 2. The van der Waals surface area contributed by atoms with Crippen molar-refractivity contribution in [2.75, 3.05) is 0 Å². The molecule has 0 unspecified atom stereocenters. The number of hydrogen-bond acceptors (Lipinski definition) is 1. The Labute approximate surface area is 111 Å². The molecule has 0 aliphatic heterocycles. The molecule has 0 aliphatic carbocycles. The van der Waals surface area contributed by atoms with E-state index in [0.29, 0.717) is 5.88 Å². The minimum Gasteiger partial charge on any atom is -0.237 e. The van der Waals surface area contributed by atoms with Crippen LogP contribution in [0.1, 0.15) is 22.5 Å². The average molecular weight is 269 g/mol. The van der Waals surface area contributed by atoms with Crippen LogP contribution < -0.4 is 0 Å². The molecule has 0 saturated carbocycles. The van der Waals surface area contributed by atoms with E-state index in [4.69, 9.17) is 23.2 Å². The van der Waals surface area contributed by atoms with Crippen LogP contribution in [0.3, 0.4) is 0 Å². The Bertz CT molecular complexity index is 559. The van der Waals surface area contributed by atoms with Crippen molar-refractivity contribution in [2.24, 2.45) is 0 Å². The molecule has 0 bridgehead atoms. The molecule has 0 atom stereocenters. The minimum absolute atomic E-state index is 0.483. The first-order chi connectivity index (χ1) is 8.04. The van der Waals surface area contributed by atoms with Gasteiger partial charge >= 0.3 is 0 Å². The van der Waals surface area contributed by atoms with Crippen molar-refractivity contribution >= 4 is 23.2 Å². The lowest BCUT2D eigenvalue weighted by molar-refractivity contribution is 0.833. The third kappa shape index (κ3) is 2.20. The molecule has 1 aromatic carbocycles. The van der Waals surface area contributed by atoms with Gasteiger partial charge in [0.1, 0.15) is 0 Å². The van der Waals surface area contributed by atoms with Gasteiger partial charge in [0.25, 0.3) is 0 Å². The van der Waals surface area contributed by atoms with Gasteiger partial charge in [-0.2, -0.15) is 5.10 Å². The van der Waals surface area contributed by atoms with E-state index in [0.717, 1.165) is 33.2 Å². The zero-order chi connectivity index (χ0) is 12.6. The largest absolute Gasteiger partial charge is 0.237 e. The maximum Gasteiger partial charge on any atom is 0.0663 e. The zero-order valence-corrected chi connectivity index (χ0v) is 11.6. The third-order valence-electron chi connectivity index (χ3n) is 2.97. The van der Waals surface area contributed by atoms with Crippen LogP contribution in [-0.4, -0.2) is 9.78 Å². The highest BCUT2D eigenvalue weighted by molar-refractivity contribution is 6.31. The third-order valence-corrected chi connectivity index (χ3v) is 3.65. The molecule has 0 fully saturated rings. The van der Waals surface area contributed by atoms with Gasteiger partial charge < -0.3 is 0 Å². The first-order valence-electron chi connectivity index (χ1n) is 5.42. The summed E-state index contributed by atoms with van der Waals surface area (Å²) >= 11 is 12.0. The SMILES string of the molecule is Cc1ccc(-n2nc(C)c(CCl)c2C)cc1Cl. The number of aromatic nitrogens is 2. The molecular formula is C13H14Cl2N2. The fourth-order valence-electron chi connectivity index (χ4n) is 1.83. The molecule has 0 radical (unpaired) electrons. The van der Waals surface area contributed by atoms with Crippen LogP contribution in [0.4, 0.5) is 0 Å². The lowest BCUT2D eigenvalue weighted by atomic mass is 10.2. The monoisotopic (exact) mass is 268 g/mol. The molecule has 0 N–H and O–H groups in total. The highest BCUT2D eigenvalue weighted by Gasteiger charge is 2.12. The summed E-state index contributed by atoms with van der Waals surface area (Å²) in [6, 6.07) is 5.93. The molecule has 0 amide bonds. The maximum atomic E-state index is 6.13. The summed E-state index contributed by atoms with van der Waals surface area (Å²) in [7, 11) is 0. The molecule has 17 heavy (non-hydrogen) atoms. The number of benzene rings is 1. The van der Waals surface area contributed by atoms with E-state index in [-0.39, 0.29) is 0 Å². The standard InChI is InChI=1S/C13H14Cl2N2/c1-8-4-5-11(6-13(8)15)17-10(3)12(7-14)9(2)16-17/h4-6H,7H2,1-3H3. The Balaban J connectivity index is 2.57. The second kappa shape index (κ2) is 4.71. The number of hydrogen-bond donors (Lipinski definition) is 0. The topological polar surface area (TPSA) is 17.8 Å². The summed E-state index contributed by atoms with van der Waals surface area (Å²) in [6.07, 6.45) is 0. The summed E-state index contributed by atoms with van der Waals surface area (Å²) in [4.78, 5) is 0. The van der Waals surface area contributed by atoms with Crippen LogP contribution in [0.15, 0.2) is 18.2 Å². The van der Waals surface area contributed by atoms with E-state index < -0.39 is 0 Å². The summed E-state index contributed by atoms with van der Waals surface area (Å²) in [5.41, 5.74) is 5.15. The van der Waals surface area contributed by atoms with Crippen molar-refractivity contribution in [1.82, 2.24) is 9.78 Å². The van der Waals surface area contributed by atoms with Crippen molar-refractivity contribution in [3.8, 4) is 5.69 Å². The molecule has 0 spiro atoms. The maximum absolute atomic E-state index is 6.13. The van der Waals surface area contributed by atoms with E-state index in [1.165, 1.54) is 0 Å². The Kier molecular flexibility index (Phi) is 3.45. The Morgan fingerprint density at radius 3 is 2.47 bits per heavy atom. The zero-order valence-electron chi connectivity index (χ0n) is 10.1. The van der Waals surface area contributed by atoms with Crippen molar-refractivity contribution in [3.05, 3.63) is 45.7 Å². The van der Waals surface area contributed by atoms with Crippen molar-refractivity contribution < 1.29 is 0 Å². The fraction of sp³-hybridized carbons (Fsp3) is 0.308. The van der Waals surface area contributed by atoms with Gasteiger partial charge in [0.05, 0.1) is 17.3 Å². The molecule has 90 valence electrons. The first kappa shape index (κ1) is 12.5. The second-order valence-corrected chi connectivity index (χ2v) is 4.80. The predicted molar refractivity (Wildman–Crippen MR) is 72.3 cm³/mol. The summed E-state index contributed by atoms with van der Waals surface area (Å²) < 4.78 is 1.89. The molecule has 0 aliphatic rings. The van der Waals surface area contributed by atoms with E-state index in [1.54, 1.807) is 0 Å². The van der Waals surface area contributed by atoms with Gasteiger partial charge in [-0.1, -0.05) is 17.7 Å². The van der Waals surface area contributed by atoms with E-state index in [9.17, 15) is 0 Å². The Morgan fingerprint density at radius 2 is 1.94 bits per heavy atom. The Hall–Kier alpha value is -0.990.